The van der Waals surface area contributed by atoms with Gasteiger partial charge in [-0.1, -0.05) is 17.3 Å². The molecule has 1 aliphatic heterocycles. The van der Waals surface area contributed by atoms with Gasteiger partial charge in [-0.05, 0) is 43.7 Å². The number of oxime groups is 1. The Kier molecular flexibility index (Phi) is 4.28. The van der Waals surface area contributed by atoms with Crippen LogP contribution in [0.5, 0.6) is 11.5 Å². The van der Waals surface area contributed by atoms with Crippen LogP contribution >= 0.6 is 0 Å². The molecule has 2 heterocycles. The molecule has 132 valence electrons. The number of ether oxygens (including phenoxy) is 2. The van der Waals surface area contributed by atoms with E-state index < -0.39 is 12.0 Å². The zero-order valence-corrected chi connectivity index (χ0v) is 13.5. The number of aryl methyl sites for hydroxylation is 1. The SMILES string of the molecule is Cc1ccc(OC2=NO[C@@](C)(c3ccc(OC(F)(F)F)cc3)C2)cn1. The minimum absolute atomic E-state index is 0.291. The number of halogens is 3. The lowest BCUT2D eigenvalue weighted by molar-refractivity contribution is -0.274. The van der Waals surface area contributed by atoms with Crippen molar-refractivity contribution in [3.8, 4) is 11.5 Å². The quantitative estimate of drug-likeness (QED) is 0.826. The average molecular weight is 352 g/mol. The van der Waals surface area contributed by atoms with Crippen LogP contribution in [0.25, 0.3) is 0 Å². The molecule has 1 aromatic carbocycles. The van der Waals surface area contributed by atoms with Crippen LogP contribution in [0.15, 0.2) is 47.8 Å². The Balaban J connectivity index is 1.66. The second-order valence-electron chi connectivity index (χ2n) is 5.79. The first-order chi connectivity index (χ1) is 11.7. The summed E-state index contributed by atoms with van der Waals surface area (Å²) < 4.78 is 46.1. The van der Waals surface area contributed by atoms with Gasteiger partial charge in [-0.15, -0.1) is 13.2 Å². The molecular weight excluding hydrogens is 337 g/mol. The van der Waals surface area contributed by atoms with Crippen LogP contribution in [-0.2, 0) is 10.4 Å². The van der Waals surface area contributed by atoms with Gasteiger partial charge in [0.2, 0.25) is 5.90 Å². The molecule has 5 nitrogen and oxygen atoms in total. The molecule has 0 spiro atoms. The lowest BCUT2D eigenvalue weighted by atomic mass is 9.93. The number of alkyl halides is 3. The van der Waals surface area contributed by atoms with Crippen LogP contribution in [0.2, 0.25) is 0 Å². The van der Waals surface area contributed by atoms with E-state index in [0.29, 0.717) is 23.6 Å². The standard InChI is InChI=1S/C17H15F3N2O3/c1-11-3-6-14(10-21-11)23-15-9-16(2,25-22-15)12-4-7-13(8-5-12)24-17(18,19)20/h3-8,10H,9H2,1-2H3/t16-/m1/s1. The predicted octanol–water partition coefficient (Wildman–Crippen LogP) is 4.32. The highest BCUT2D eigenvalue weighted by Gasteiger charge is 2.38. The Morgan fingerprint density at radius 2 is 1.76 bits per heavy atom. The highest BCUT2D eigenvalue weighted by Crippen LogP contribution is 2.36. The summed E-state index contributed by atoms with van der Waals surface area (Å²) in [4.78, 5) is 9.58. The maximum absolute atomic E-state index is 12.2. The second-order valence-corrected chi connectivity index (χ2v) is 5.79. The molecule has 0 N–H and O–H groups in total. The van der Waals surface area contributed by atoms with Crippen molar-refractivity contribution in [1.82, 2.24) is 4.98 Å². The van der Waals surface area contributed by atoms with Crippen LogP contribution in [-0.4, -0.2) is 17.2 Å². The van der Waals surface area contributed by atoms with E-state index in [1.165, 1.54) is 24.3 Å². The summed E-state index contributed by atoms with van der Waals surface area (Å²) in [6.07, 6.45) is -2.81. The van der Waals surface area contributed by atoms with Gasteiger partial charge < -0.3 is 14.3 Å². The molecule has 0 unspecified atom stereocenters. The first-order valence-corrected chi connectivity index (χ1v) is 7.45. The highest BCUT2D eigenvalue weighted by molar-refractivity contribution is 5.80. The summed E-state index contributed by atoms with van der Waals surface area (Å²) in [5.74, 6) is 0.607. The van der Waals surface area contributed by atoms with Crippen LogP contribution in [0.1, 0.15) is 24.6 Å². The molecule has 0 saturated heterocycles. The van der Waals surface area contributed by atoms with Crippen molar-refractivity contribution in [1.29, 1.82) is 0 Å². The molecular formula is C17H15F3N2O3. The molecule has 0 radical (unpaired) electrons. The summed E-state index contributed by atoms with van der Waals surface area (Å²) >= 11 is 0. The highest BCUT2D eigenvalue weighted by atomic mass is 19.4. The minimum Gasteiger partial charge on any atom is -0.438 e. The molecule has 1 aromatic heterocycles. The van der Waals surface area contributed by atoms with Gasteiger partial charge in [-0.25, -0.2) is 0 Å². The Labute approximate surface area is 142 Å². The van der Waals surface area contributed by atoms with Crippen molar-refractivity contribution in [2.45, 2.75) is 32.2 Å². The van der Waals surface area contributed by atoms with Crippen molar-refractivity contribution in [2.75, 3.05) is 0 Å². The normalized spacial score (nSPS) is 20.0. The molecule has 1 aliphatic rings. The first-order valence-electron chi connectivity index (χ1n) is 7.45. The molecule has 0 bridgehead atoms. The lowest BCUT2D eigenvalue weighted by Crippen LogP contribution is -2.23. The average Bonchev–Trinajstić information content (AvgIpc) is 2.91. The fraction of sp³-hybridized carbons (Fsp3) is 0.294. The topological polar surface area (TPSA) is 52.9 Å². The number of benzene rings is 1. The number of pyridine rings is 1. The summed E-state index contributed by atoms with van der Waals surface area (Å²) in [6, 6.07) is 9.06. The number of aromatic nitrogens is 1. The lowest BCUT2D eigenvalue weighted by Gasteiger charge is -2.21. The Morgan fingerprint density at radius 3 is 2.36 bits per heavy atom. The third-order valence-electron chi connectivity index (χ3n) is 3.66. The zero-order valence-electron chi connectivity index (χ0n) is 13.5. The van der Waals surface area contributed by atoms with Gasteiger partial charge in [0, 0.05) is 5.69 Å². The van der Waals surface area contributed by atoms with E-state index in [1.807, 2.05) is 13.0 Å². The monoisotopic (exact) mass is 352 g/mol. The Bertz CT molecular complexity index is 773. The molecule has 8 heteroatoms. The van der Waals surface area contributed by atoms with Crippen LogP contribution < -0.4 is 9.47 Å². The van der Waals surface area contributed by atoms with Gasteiger partial charge in [0.25, 0.3) is 0 Å². The van der Waals surface area contributed by atoms with E-state index in [9.17, 15) is 13.2 Å². The molecule has 1 atom stereocenters. The fourth-order valence-corrected chi connectivity index (χ4v) is 2.37. The fourth-order valence-electron chi connectivity index (χ4n) is 2.37. The van der Waals surface area contributed by atoms with Crippen LogP contribution in [0.4, 0.5) is 13.2 Å². The van der Waals surface area contributed by atoms with Gasteiger partial charge in [-0.3, -0.25) is 4.98 Å². The minimum atomic E-state index is -4.72. The molecule has 0 amide bonds. The molecule has 0 aliphatic carbocycles. The van der Waals surface area contributed by atoms with Crippen LogP contribution in [0.3, 0.4) is 0 Å². The molecule has 0 fully saturated rings. The summed E-state index contributed by atoms with van der Waals surface area (Å²) in [6.45, 7) is 3.64. The van der Waals surface area contributed by atoms with Gasteiger partial charge in [0.1, 0.15) is 11.5 Å². The van der Waals surface area contributed by atoms with E-state index in [1.54, 1.807) is 19.2 Å². The van der Waals surface area contributed by atoms with Crippen molar-refractivity contribution >= 4 is 5.90 Å². The zero-order chi connectivity index (χ0) is 18.1. The van der Waals surface area contributed by atoms with E-state index in [4.69, 9.17) is 9.57 Å². The summed E-state index contributed by atoms with van der Waals surface area (Å²) in [5.41, 5.74) is 0.693. The first kappa shape index (κ1) is 17.1. The van der Waals surface area contributed by atoms with Gasteiger partial charge >= 0.3 is 6.36 Å². The summed E-state index contributed by atoms with van der Waals surface area (Å²) in [5, 5.41) is 3.92. The third kappa shape index (κ3) is 4.20. The number of nitrogens with zero attached hydrogens (tertiary/aromatic N) is 2. The number of hydrogen-bond donors (Lipinski definition) is 0. The third-order valence-corrected chi connectivity index (χ3v) is 3.66. The molecule has 2 aromatic rings. The van der Waals surface area contributed by atoms with Gasteiger partial charge in [-0.2, -0.15) is 0 Å². The molecule has 25 heavy (non-hydrogen) atoms. The Morgan fingerprint density at radius 1 is 1.08 bits per heavy atom. The van der Waals surface area contributed by atoms with Crippen molar-refractivity contribution in [3.63, 3.8) is 0 Å². The van der Waals surface area contributed by atoms with Crippen molar-refractivity contribution < 1.29 is 27.5 Å². The van der Waals surface area contributed by atoms with Crippen molar-refractivity contribution in [3.05, 3.63) is 53.9 Å². The van der Waals surface area contributed by atoms with E-state index >= 15 is 0 Å². The number of rotatable bonds is 3. The van der Waals surface area contributed by atoms with Crippen LogP contribution in [0, 0.1) is 6.92 Å². The number of hydrogen-bond acceptors (Lipinski definition) is 5. The van der Waals surface area contributed by atoms with E-state index in [2.05, 4.69) is 14.9 Å². The molecule has 0 saturated carbocycles. The summed E-state index contributed by atoms with van der Waals surface area (Å²) in [7, 11) is 0. The van der Waals surface area contributed by atoms with Crippen molar-refractivity contribution in [2.24, 2.45) is 5.16 Å². The Hall–Kier alpha value is -2.77. The smallest absolute Gasteiger partial charge is 0.438 e. The second kappa shape index (κ2) is 6.27. The molecule has 3 rings (SSSR count). The maximum atomic E-state index is 12.2. The predicted molar refractivity (Wildman–Crippen MR) is 83.2 cm³/mol. The van der Waals surface area contributed by atoms with E-state index in [-0.39, 0.29) is 5.75 Å². The van der Waals surface area contributed by atoms with E-state index in [0.717, 1.165) is 5.69 Å². The van der Waals surface area contributed by atoms with Gasteiger partial charge in [0.05, 0.1) is 12.6 Å². The maximum Gasteiger partial charge on any atom is 0.573 e. The largest absolute Gasteiger partial charge is 0.573 e. The van der Waals surface area contributed by atoms with Gasteiger partial charge in [0.15, 0.2) is 5.60 Å².